The number of nitriles is 1. The summed E-state index contributed by atoms with van der Waals surface area (Å²) in [6.07, 6.45) is 2.65. The Morgan fingerprint density at radius 1 is 1.68 bits per heavy atom. The summed E-state index contributed by atoms with van der Waals surface area (Å²) in [6, 6.07) is 0. The molecular weight excluding hydrogens is 264 g/mol. The fourth-order valence-corrected chi connectivity index (χ4v) is 2.91. The van der Waals surface area contributed by atoms with E-state index in [9.17, 15) is 0 Å². The van der Waals surface area contributed by atoms with Crippen LogP contribution in [0.4, 0.5) is 5.13 Å². The van der Waals surface area contributed by atoms with Crippen molar-refractivity contribution < 1.29 is 0 Å². The van der Waals surface area contributed by atoms with Gasteiger partial charge in [0.15, 0.2) is 17.3 Å². The average Bonchev–Trinajstić information content (AvgIpc) is 2.75. The maximum Gasteiger partial charge on any atom is 0.207 e. The lowest BCUT2D eigenvalue weighted by atomic mass is 10.2. The molecule has 0 unspecified atom stereocenters. The first-order valence-electron chi connectivity index (χ1n) is 5.60. The zero-order valence-corrected chi connectivity index (χ0v) is 11.2. The summed E-state index contributed by atoms with van der Waals surface area (Å²) in [5, 5.41) is 21.8. The van der Waals surface area contributed by atoms with E-state index in [0.29, 0.717) is 17.6 Å². The topological polar surface area (TPSA) is 126 Å². The molecule has 0 amide bonds. The van der Waals surface area contributed by atoms with E-state index in [1.54, 1.807) is 7.05 Å². The maximum atomic E-state index is 8.67. The van der Waals surface area contributed by atoms with Crippen molar-refractivity contribution in [3.63, 3.8) is 0 Å². The van der Waals surface area contributed by atoms with E-state index < -0.39 is 0 Å². The third-order valence-electron chi connectivity index (χ3n) is 2.65. The van der Waals surface area contributed by atoms with Gasteiger partial charge in [0.25, 0.3) is 0 Å². The molecule has 0 bridgehead atoms. The molecule has 2 heterocycles. The molecule has 0 fully saturated rings. The molecule has 5 N–H and O–H groups in total. The highest BCUT2D eigenvalue weighted by atomic mass is 32.1. The number of aliphatic imine (C=N–C) groups is 1. The van der Waals surface area contributed by atoms with Crippen molar-refractivity contribution in [3.8, 4) is 6.19 Å². The van der Waals surface area contributed by atoms with Gasteiger partial charge in [0, 0.05) is 24.9 Å². The largest absolute Gasteiger partial charge is 0.370 e. The molecule has 0 spiro atoms. The smallest absolute Gasteiger partial charge is 0.207 e. The van der Waals surface area contributed by atoms with E-state index in [1.165, 1.54) is 11.3 Å². The highest BCUT2D eigenvalue weighted by Crippen LogP contribution is 2.28. The number of fused-ring (bicyclic) bond motifs is 1. The Hall–Kier alpha value is -2.34. The number of aromatic nitrogens is 1. The van der Waals surface area contributed by atoms with Gasteiger partial charge >= 0.3 is 0 Å². The monoisotopic (exact) mass is 278 g/mol. The molecule has 0 aromatic carbocycles. The highest BCUT2D eigenvalue weighted by Gasteiger charge is 2.22. The Bertz CT molecular complexity index is 554. The van der Waals surface area contributed by atoms with Gasteiger partial charge < -0.3 is 16.0 Å². The number of nitrogens with two attached hydrogens (primary N) is 1. The zero-order valence-electron chi connectivity index (χ0n) is 10.4. The molecule has 9 heteroatoms. The van der Waals surface area contributed by atoms with Crippen LogP contribution < -0.4 is 16.4 Å². The van der Waals surface area contributed by atoms with E-state index in [-0.39, 0.29) is 5.96 Å². The second-order valence-electron chi connectivity index (χ2n) is 3.88. The number of hydrogen-bond acceptors (Lipinski definition) is 5. The molecule has 8 nitrogen and oxygen atoms in total. The lowest BCUT2D eigenvalue weighted by Crippen LogP contribution is -2.42. The molecule has 2 rings (SSSR count). The minimum absolute atomic E-state index is 0.120. The summed E-state index contributed by atoms with van der Waals surface area (Å²) in [4.78, 5) is 11.5. The van der Waals surface area contributed by atoms with Gasteiger partial charge in [-0.15, -0.1) is 0 Å². The number of nitrogens with one attached hydrogen (secondary N) is 3. The van der Waals surface area contributed by atoms with E-state index in [0.717, 1.165) is 23.5 Å². The predicted octanol–water partition coefficient (Wildman–Crippen LogP) is -0.137. The van der Waals surface area contributed by atoms with Crippen LogP contribution >= 0.6 is 11.3 Å². The molecule has 0 saturated heterocycles. The van der Waals surface area contributed by atoms with Crippen LogP contribution in [0.1, 0.15) is 10.6 Å². The van der Waals surface area contributed by atoms with Gasteiger partial charge in [-0.3, -0.25) is 15.7 Å². The normalized spacial score (nSPS) is 14.5. The first kappa shape index (κ1) is 13.1. The minimum atomic E-state index is -0.120. The van der Waals surface area contributed by atoms with Gasteiger partial charge in [-0.1, -0.05) is 11.3 Å². The Balaban J connectivity index is 2.13. The van der Waals surface area contributed by atoms with Crippen LogP contribution in [-0.4, -0.2) is 35.4 Å². The molecule has 1 aliphatic heterocycles. The number of thiazole rings is 1. The van der Waals surface area contributed by atoms with E-state index in [4.69, 9.17) is 16.4 Å². The van der Waals surface area contributed by atoms with Crippen LogP contribution in [0.2, 0.25) is 0 Å². The molecule has 1 aromatic rings. The van der Waals surface area contributed by atoms with Gasteiger partial charge in [0.2, 0.25) is 5.96 Å². The zero-order chi connectivity index (χ0) is 13.8. The summed E-state index contributed by atoms with van der Waals surface area (Å²) in [7, 11) is 1.64. The van der Waals surface area contributed by atoms with Crippen molar-refractivity contribution >= 4 is 28.4 Å². The van der Waals surface area contributed by atoms with Gasteiger partial charge in [0.05, 0.1) is 12.2 Å². The average molecular weight is 278 g/mol. The van der Waals surface area contributed by atoms with Crippen molar-refractivity contribution in [2.45, 2.75) is 13.0 Å². The van der Waals surface area contributed by atoms with Gasteiger partial charge in [0.1, 0.15) is 0 Å². The molecule has 1 aliphatic rings. The van der Waals surface area contributed by atoms with E-state index >= 15 is 0 Å². The third-order valence-corrected chi connectivity index (χ3v) is 3.65. The Morgan fingerprint density at radius 2 is 2.47 bits per heavy atom. The van der Waals surface area contributed by atoms with Crippen LogP contribution in [-0.2, 0) is 13.0 Å². The van der Waals surface area contributed by atoms with E-state index in [1.807, 2.05) is 11.1 Å². The summed E-state index contributed by atoms with van der Waals surface area (Å²) in [5.74, 6) is 0.438. The van der Waals surface area contributed by atoms with Crippen molar-refractivity contribution in [2.24, 2.45) is 10.7 Å². The Kier molecular flexibility index (Phi) is 3.82. The summed E-state index contributed by atoms with van der Waals surface area (Å²) < 4.78 is 0. The fourth-order valence-electron chi connectivity index (χ4n) is 1.87. The van der Waals surface area contributed by atoms with Crippen LogP contribution in [0.5, 0.6) is 0 Å². The first-order chi connectivity index (χ1) is 9.13. The fraction of sp³-hybridized carbons (Fsp3) is 0.400. The second-order valence-corrected chi connectivity index (χ2v) is 4.97. The van der Waals surface area contributed by atoms with Gasteiger partial charge in [-0.2, -0.15) is 5.26 Å². The van der Waals surface area contributed by atoms with Crippen molar-refractivity contribution in [1.29, 1.82) is 10.7 Å². The third kappa shape index (κ3) is 2.92. The lowest BCUT2D eigenvalue weighted by Gasteiger charge is -2.27. The van der Waals surface area contributed by atoms with Gasteiger partial charge in [-0.25, -0.2) is 4.98 Å². The maximum absolute atomic E-state index is 8.67. The molecule has 19 heavy (non-hydrogen) atoms. The molecule has 100 valence electrons. The number of hydrogen-bond donors (Lipinski definition) is 4. The molecule has 0 aliphatic carbocycles. The molecule has 0 saturated carbocycles. The second kappa shape index (κ2) is 5.53. The lowest BCUT2D eigenvalue weighted by molar-refractivity contribution is 0.386. The SMILES string of the molecule is C/N=C(\NC#N)N1CCc2nc(NC(=N)N)sc2C1. The van der Waals surface area contributed by atoms with Crippen molar-refractivity contribution in [2.75, 3.05) is 18.9 Å². The molecule has 0 atom stereocenters. The standard InChI is InChI=1S/C10H14N8S/c1-14-9(15-5-11)18-3-2-6-7(4-18)19-10(16-6)17-8(12)13/h2-4H2,1H3,(H,14,15)(H4,12,13,16,17). The molecule has 1 aromatic heterocycles. The van der Waals surface area contributed by atoms with Crippen molar-refractivity contribution in [3.05, 3.63) is 10.6 Å². The quantitative estimate of drug-likeness (QED) is 0.245. The predicted molar refractivity (Wildman–Crippen MR) is 73.9 cm³/mol. The molecular formula is C10H14N8S. The van der Waals surface area contributed by atoms with Gasteiger partial charge in [-0.05, 0) is 0 Å². The summed E-state index contributed by atoms with van der Waals surface area (Å²) in [5.41, 5.74) is 6.29. The van der Waals surface area contributed by atoms with Crippen LogP contribution in [0, 0.1) is 16.9 Å². The number of rotatable bonds is 1. The Morgan fingerprint density at radius 3 is 3.11 bits per heavy atom. The van der Waals surface area contributed by atoms with Crippen molar-refractivity contribution in [1.82, 2.24) is 15.2 Å². The Labute approximate surface area is 114 Å². The van der Waals surface area contributed by atoms with Crippen LogP contribution in [0.3, 0.4) is 0 Å². The molecule has 0 radical (unpaired) electrons. The highest BCUT2D eigenvalue weighted by molar-refractivity contribution is 7.15. The first-order valence-corrected chi connectivity index (χ1v) is 6.42. The summed E-state index contributed by atoms with van der Waals surface area (Å²) in [6.45, 7) is 1.39. The summed E-state index contributed by atoms with van der Waals surface area (Å²) >= 11 is 1.46. The minimum Gasteiger partial charge on any atom is -0.370 e. The number of nitrogens with zero attached hydrogens (tertiary/aromatic N) is 4. The number of guanidine groups is 2. The van der Waals surface area contributed by atoms with Crippen LogP contribution in [0.15, 0.2) is 4.99 Å². The van der Waals surface area contributed by atoms with E-state index in [2.05, 4.69) is 20.6 Å². The van der Waals surface area contributed by atoms with Crippen LogP contribution in [0.25, 0.3) is 0 Å². The number of anilines is 1.